The summed E-state index contributed by atoms with van der Waals surface area (Å²) in [4.78, 5) is 28.3. The molecule has 2 amide bonds. The first-order chi connectivity index (χ1) is 14.2. The third-order valence-corrected chi connectivity index (χ3v) is 5.31. The van der Waals surface area contributed by atoms with Gasteiger partial charge in [0.1, 0.15) is 11.5 Å². The van der Waals surface area contributed by atoms with Gasteiger partial charge in [-0.2, -0.15) is 0 Å². The van der Waals surface area contributed by atoms with Crippen LogP contribution in [0.5, 0.6) is 11.5 Å². The molecule has 2 N–H and O–H groups in total. The van der Waals surface area contributed by atoms with Gasteiger partial charge in [0.05, 0.1) is 0 Å². The molecule has 0 radical (unpaired) electrons. The largest absolute Gasteiger partial charge is 0.457 e. The smallest absolute Gasteiger partial charge is 0.253 e. The van der Waals surface area contributed by atoms with Crippen molar-refractivity contribution in [3.05, 3.63) is 59.7 Å². The average Bonchev–Trinajstić information content (AvgIpc) is 2.72. The van der Waals surface area contributed by atoms with E-state index in [0.29, 0.717) is 28.0 Å². The number of carbonyl (C=O) groups is 2. The summed E-state index contributed by atoms with van der Waals surface area (Å²) in [5.41, 5.74) is 6.67. The molecule has 6 heteroatoms. The zero-order valence-electron chi connectivity index (χ0n) is 18.1. The van der Waals surface area contributed by atoms with Crippen LogP contribution in [0.25, 0.3) is 0 Å². The van der Waals surface area contributed by atoms with Gasteiger partial charge in [0, 0.05) is 37.3 Å². The second-order valence-electron chi connectivity index (χ2n) is 8.96. The fourth-order valence-corrected chi connectivity index (χ4v) is 3.34. The Kier molecular flexibility index (Phi) is 6.77. The molecule has 1 heterocycles. The zero-order valence-corrected chi connectivity index (χ0v) is 18.1. The van der Waals surface area contributed by atoms with Crippen LogP contribution in [0.1, 0.15) is 47.9 Å². The van der Waals surface area contributed by atoms with Gasteiger partial charge in [-0.05, 0) is 66.9 Å². The molecule has 0 atom stereocenters. The molecule has 0 spiro atoms. The highest BCUT2D eigenvalue weighted by Gasteiger charge is 2.23. The number of hydrogen-bond donors (Lipinski definition) is 1. The van der Waals surface area contributed by atoms with Gasteiger partial charge < -0.3 is 15.4 Å². The van der Waals surface area contributed by atoms with Crippen molar-refractivity contribution in [3.8, 4) is 11.5 Å². The normalized spacial score (nSPS) is 15.1. The average molecular weight is 410 g/mol. The highest BCUT2D eigenvalue weighted by molar-refractivity contribution is 5.94. The number of rotatable bonds is 6. The summed E-state index contributed by atoms with van der Waals surface area (Å²) >= 11 is 0. The molecule has 1 aliphatic heterocycles. The Balaban J connectivity index is 1.52. The summed E-state index contributed by atoms with van der Waals surface area (Å²) in [6, 6.07) is 13.8. The standard InChI is InChI=1S/C24H31N3O3/c1-24(2,3)12-13-26-14-16-27(17-15-26)23(29)19-6-10-21(11-7-19)30-20-8-4-18(5-9-20)22(25)28/h4-11H,12-17H2,1-3H3,(H2,25,28). The minimum Gasteiger partial charge on any atom is -0.457 e. The predicted molar refractivity (Wildman–Crippen MR) is 118 cm³/mol. The van der Waals surface area contributed by atoms with Gasteiger partial charge in [0.15, 0.2) is 0 Å². The van der Waals surface area contributed by atoms with E-state index in [0.717, 1.165) is 39.1 Å². The van der Waals surface area contributed by atoms with Crippen LogP contribution in [0.3, 0.4) is 0 Å². The molecule has 0 saturated carbocycles. The first-order valence-corrected chi connectivity index (χ1v) is 10.4. The lowest BCUT2D eigenvalue weighted by Gasteiger charge is -2.36. The van der Waals surface area contributed by atoms with Crippen molar-refractivity contribution >= 4 is 11.8 Å². The third-order valence-electron chi connectivity index (χ3n) is 5.31. The van der Waals surface area contributed by atoms with Crippen molar-refractivity contribution in [2.75, 3.05) is 32.7 Å². The van der Waals surface area contributed by atoms with Gasteiger partial charge in [-0.1, -0.05) is 20.8 Å². The van der Waals surface area contributed by atoms with Crippen LogP contribution in [0.4, 0.5) is 0 Å². The molecular formula is C24H31N3O3. The van der Waals surface area contributed by atoms with Crippen molar-refractivity contribution in [1.29, 1.82) is 0 Å². The van der Waals surface area contributed by atoms with Gasteiger partial charge in [-0.3, -0.25) is 14.5 Å². The molecule has 2 aromatic rings. The van der Waals surface area contributed by atoms with Crippen molar-refractivity contribution in [2.24, 2.45) is 11.1 Å². The van der Waals surface area contributed by atoms with E-state index in [1.807, 2.05) is 4.90 Å². The summed E-state index contributed by atoms with van der Waals surface area (Å²) in [6.07, 6.45) is 1.16. The molecule has 0 aliphatic carbocycles. The summed E-state index contributed by atoms with van der Waals surface area (Å²) in [7, 11) is 0. The molecule has 0 unspecified atom stereocenters. The van der Waals surface area contributed by atoms with Gasteiger partial charge in [-0.15, -0.1) is 0 Å². The Morgan fingerprint density at radius 1 is 0.867 bits per heavy atom. The van der Waals surface area contributed by atoms with Crippen molar-refractivity contribution in [1.82, 2.24) is 9.80 Å². The highest BCUT2D eigenvalue weighted by atomic mass is 16.5. The topological polar surface area (TPSA) is 75.9 Å². The van der Waals surface area contributed by atoms with Crippen LogP contribution in [-0.2, 0) is 0 Å². The van der Waals surface area contributed by atoms with Crippen LogP contribution >= 0.6 is 0 Å². The van der Waals surface area contributed by atoms with Gasteiger partial charge in [-0.25, -0.2) is 0 Å². The van der Waals surface area contributed by atoms with Crippen LogP contribution in [0.2, 0.25) is 0 Å². The molecule has 1 saturated heterocycles. The van der Waals surface area contributed by atoms with E-state index < -0.39 is 5.91 Å². The van der Waals surface area contributed by atoms with E-state index in [4.69, 9.17) is 10.5 Å². The molecule has 0 aromatic heterocycles. The Morgan fingerprint density at radius 3 is 1.83 bits per heavy atom. The number of amides is 2. The maximum atomic E-state index is 12.8. The summed E-state index contributed by atoms with van der Waals surface area (Å²) in [5.74, 6) is 0.818. The molecule has 2 aromatic carbocycles. The van der Waals surface area contributed by atoms with E-state index >= 15 is 0 Å². The van der Waals surface area contributed by atoms with Crippen molar-refractivity contribution < 1.29 is 14.3 Å². The summed E-state index contributed by atoms with van der Waals surface area (Å²) < 4.78 is 5.78. The van der Waals surface area contributed by atoms with E-state index in [-0.39, 0.29) is 5.91 Å². The lowest BCUT2D eigenvalue weighted by Crippen LogP contribution is -2.49. The number of piperazine rings is 1. The van der Waals surface area contributed by atoms with E-state index in [2.05, 4.69) is 25.7 Å². The van der Waals surface area contributed by atoms with Crippen molar-refractivity contribution in [3.63, 3.8) is 0 Å². The Hall–Kier alpha value is -2.86. The van der Waals surface area contributed by atoms with Gasteiger partial charge in [0.25, 0.3) is 5.91 Å². The monoisotopic (exact) mass is 409 g/mol. The quantitative estimate of drug-likeness (QED) is 0.788. The second kappa shape index (κ2) is 9.30. The Labute approximate surface area is 178 Å². The first-order valence-electron chi connectivity index (χ1n) is 10.4. The number of ether oxygens (including phenoxy) is 1. The molecule has 1 aliphatic rings. The fraction of sp³-hybridized carbons (Fsp3) is 0.417. The lowest BCUT2D eigenvalue weighted by molar-refractivity contribution is 0.0623. The number of benzene rings is 2. The van der Waals surface area contributed by atoms with E-state index in [1.54, 1.807) is 48.5 Å². The van der Waals surface area contributed by atoms with Crippen LogP contribution in [0.15, 0.2) is 48.5 Å². The number of nitrogens with two attached hydrogens (primary N) is 1. The van der Waals surface area contributed by atoms with Crippen molar-refractivity contribution in [2.45, 2.75) is 27.2 Å². The minimum absolute atomic E-state index is 0.0582. The first kappa shape index (κ1) is 21.8. The lowest BCUT2D eigenvalue weighted by atomic mass is 9.92. The SMILES string of the molecule is CC(C)(C)CCN1CCN(C(=O)c2ccc(Oc3ccc(C(N)=O)cc3)cc2)CC1. The van der Waals surface area contributed by atoms with Crippen LogP contribution < -0.4 is 10.5 Å². The molecule has 6 nitrogen and oxygen atoms in total. The Bertz CT molecular complexity index is 862. The molecule has 1 fully saturated rings. The molecular weight excluding hydrogens is 378 g/mol. The second-order valence-corrected chi connectivity index (χ2v) is 8.96. The number of primary amides is 1. The Morgan fingerprint density at radius 2 is 1.37 bits per heavy atom. The van der Waals surface area contributed by atoms with Crippen LogP contribution in [0, 0.1) is 5.41 Å². The maximum absolute atomic E-state index is 12.8. The molecule has 160 valence electrons. The van der Waals surface area contributed by atoms with E-state index in [9.17, 15) is 9.59 Å². The molecule has 0 bridgehead atoms. The van der Waals surface area contributed by atoms with Crippen LogP contribution in [-0.4, -0.2) is 54.3 Å². The number of carbonyl (C=O) groups excluding carboxylic acids is 2. The molecule has 3 rings (SSSR count). The van der Waals surface area contributed by atoms with Gasteiger partial charge >= 0.3 is 0 Å². The fourth-order valence-electron chi connectivity index (χ4n) is 3.34. The number of hydrogen-bond acceptors (Lipinski definition) is 4. The van der Waals surface area contributed by atoms with Gasteiger partial charge in [0.2, 0.25) is 5.91 Å². The van der Waals surface area contributed by atoms with E-state index in [1.165, 1.54) is 0 Å². The third kappa shape index (κ3) is 6.07. The zero-order chi connectivity index (χ0) is 21.7. The summed E-state index contributed by atoms with van der Waals surface area (Å²) in [6.45, 7) is 11.2. The summed E-state index contributed by atoms with van der Waals surface area (Å²) in [5, 5.41) is 0. The molecule has 30 heavy (non-hydrogen) atoms. The maximum Gasteiger partial charge on any atom is 0.253 e. The minimum atomic E-state index is -0.473. The highest BCUT2D eigenvalue weighted by Crippen LogP contribution is 2.23. The number of nitrogens with zero attached hydrogens (tertiary/aromatic N) is 2. The predicted octanol–water partition coefficient (Wildman–Crippen LogP) is 3.77.